The summed E-state index contributed by atoms with van der Waals surface area (Å²) in [6.45, 7) is 2.41. The van der Waals surface area contributed by atoms with Gasteiger partial charge in [-0.25, -0.2) is 0 Å². The molecule has 0 unspecified atom stereocenters. The molecule has 0 saturated heterocycles. The van der Waals surface area contributed by atoms with Crippen molar-refractivity contribution in [2.75, 3.05) is 5.32 Å². The zero-order valence-corrected chi connectivity index (χ0v) is 13.0. The highest BCUT2D eigenvalue weighted by Gasteiger charge is 2.09. The molecule has 0 bridgehead atoms. The van der Waals surface area contributed by atoms with Crippen LogP contribution in [0.5, 0.6) is 0 Å². The molecule has 1 aromatic heterocycles. The first-order valence-corrected chi connectivity index (χ1v) is 7.15. The highest BCUT2D eigenvalue weighted by molar-refractivity contribution is 9.10. The van der Waals surface area contributed by atoms with Crippen LogP contribution in [-0.2, 0) is 6.54 Å². The van der Waals surface area contributed by atoms with Crippen LogP contribution < -0.4 is 10.9 Å². The molecule has 2 rings (SSSR count). The van der Waals surface area contributed by atoms with E-state index in [4.69, 9.17) is 11.6 Å². The van der Waals surface area contributed by atoms with E-state index in [1.165, 1.54) is 10.6 Å². The molecule has 0 aliphatic heterocycles. The summed E-state index contributed by atoms with van der Waals surface area (Å²) in [7, 11) is 0. The minimum absolute atomic E-state index is 0.0998. The Kier molecular flexibility index (Phi) is 4.62. The molecular formula is C14H12BrClN2O2. The molecule has 1 aromatic carbocycles. The van der Waals surface area contributed by atoms with Crippen LogP contribution in [0.2, 0.25) is 5.02 Å². The summed E-state index contributed by atoms with van der Waals surface area (Å²) in [4.78, 5) is 23.6. The highest BCUT2D eigenvalue weighted by Crippen LogP contribution is 2.23. The van der Waals surface area contributed by atoms with E-state index in [-0.39, 0.29) is 11.5 Å². The molecule has 0 saturated carbocycles. The molecule has 104 valence electrons. The number of benzene rings is 1. The van der Waals surface area contributed by atoms with Gasteiger partial charge in [0.25, 0.3) is 11.5 Å². The third-order valence-electron chi connectivity index (χ3n) is 2.76. The molecule has 2 aromatic rings. The molecule has 6 heteroatoms. The van der Waals surface area contributed by atoms with Gasteiger partial charge in [0.1, 0.15) is 0 Å². The second kappa shape index (κ2) is 6.24. The molecule has 1 heterocycles. The van der Waals surface area contributed by atoms with Crippen molar-refractivity contribution in [1.82, 2.24) is 4.57 Å². The fourth-order valence-corrected chi connectivity index (χ4v) is 2.12. The number of hydrogen-bond donors (Lipinski definition) is 1. The first-order chi connectivity index (χ1) is 9.51. The van der Waals surface area contributed by atoms with Crippen LogP contribution in [0.3, 0.4) is 0 Å². The lowest BCUT2D eigenvalue weighted by molar-refractivity contribution is 0.102. The Bertz CT molecular complexity index is 713. The maximum Gasteiger partial charge on any atom is 0.255 e. The number of halogens is 2. The summed E-state index contributed by atoms with van der Waals surface area (Å²) in [5.41, 5.74) is 0.917. The molecular weight excluding hydrogens is 344 g/mol. The summed E-state index contributed by atoms with van der Waals surface area (Å²) in [5.74, 6) is -0.277. The number of rotatable bonds is 3. The van der Waals surface area contributed by atoms with Crippen molar-refractivity contribution in [1.29, 1.82) is 0 Å². The molecule has 20 heavy (non-hydrogen) atoms. The number of carbonyl (C=O) groups excluding carboxylic acids is 1. The van der Waals surface area contributed by atoms with Crippen LogP contribution in [-0.4, -0.2) is 10.5 Å². The van der Waals surface area contributed by atoms with Gasteiger partial charge in [-0.05, 0) is 47.1 Å². The number of carbonyl (C=O) groups is 1. The number of aromatic nitrogens is 1. The predicted octanol–water partition coefficient (Wildman–Crippen LogP) is 3.54. The molecule has 1 amide bonds. The molecule has 0 spiro atoms. The Morgan fingerprint density at radius 3 is 2.75 bits per heavy atom. The van der Waals surface area contributed by atoms with Crippen LogP contribution in [0.1, 0.15) is 17.3 Å². The van der Waals surface area contributed by atoms with Gasteiger partial charge in [-0.15, -0.1) is 0 Å². The molecule has 0 aliphatic rings. The first kappa shape index (κ1) is 14.8. The minimum atomic E-state index is -0.277. The third kappa shape index (κ3) is 3.29. The highest BCUT2D eigenvalue weighted by atomic mass is 79.9. The van der Waals surface area contributed by atoms with Crippen molar-refractivity contribution in [3.63, 3.8) is 0 Å². The number of nitrogens with one attached hydrogen (secondary N) is 1. The maximum atomic E-state index is 12.1. The molecule has 0 fully saturated rings. The molecule has 1 N–H and O–H groups in total. The topological polar surface area (TPSA) is 51.1 Å². The van der Waals surface area contributed by atoms with E-state index in [1.807, 2.05) is 6.92 Å². The lowest BCUT2D eigenvalue weighted by Crippen LogP contribution is -2.19. The van der Waals surface area contributed by atoms with Gasteiger partial charge in [0, 0.05) is 28.8 Å². The standard InChI is InChI=1S/C14H12BrClN2O2/c1-2-18-8-10(4-6-13(18)19)17-14(20)9-3-5-11(15)12(16)7-9/h3-8H,2H2,1H3,(H,17,20). The zero-order valence-electron chi connectivity index (χ0n) is 10.7. The summed E-state index contributed by atoms with van der Waals surface area (Å²) in [6.07, 6.45) is 1.61. The maximum absolute atomic E-state index is 12.1. The van der Waals surface area contributed by atoms with Crippen LogP contribution in [0.4, 0.5) is 5.69 Å². The normalized spacial score (nSPS) is 10.3. The molecule has 0 aliphatic carbocycles. The van der Waals surface area contributed by atoms with Crippen molar-refractivity contribution in [3.8, 4) is 0 Å². The number of pyridine rings is 1. The summed E-state index contributed by atoms with van der Waals surface area (Å²) in [6, 6.07) is 7.96. The Balaban J connectivity index is 2.23. The number of aryl methyl sites for hydroxylation is 1. The van der Waals surface area contributed by atoms with Crippen molar-refractivity contribution >= 4 is 39.1 Å². The Morgan fingerprint density at radius 2 is 2.10 bits per heavy atom. The number of hydrogen-bond acceptors (Lipinski definition) is 2. The van der Waals surface area contributed by atoms with Crippen LogP contribution in [0.25, 0.3) is 0 Å². The van der Waals surface area contributed by atoms with Crippen molar-refractivity contribution < 1.29 is 4.79 Å². The minimum Gasteiger partial charge on any atom is -0.321 e. The Morgan fingerprint density at radius 1 is 1.35 bits per heavy atom. The monoisotopic (exact) mass is 354 g/mol. The van der Waals surface area contributed by atoms with Crippen LogP contribution in [0, 0.1) is 0 Å². The van der Waals surface area contributed by atoms with E-state index in [2.05, 4.69) is 21.2 Å². The van der Waals surface area contributed by atoms with Gasteiger partial charge in [-0.2, -0.15) is 0 Å². The van der Waals surface area contributed by atoms with Crippen LogP contribution >= 0.6 is 27.5 Å². The third-order valence-corrected chi connectivity index (χ3v) is 4.00. The van der Waals surface area contributed by atoms with Crippen molar-refractivity contribution in [2.45, 2.75) is 13.5 Å². The Hall–Kier alpha value is -1.59. The average Bonchev–Trinajstić information content (AvgIpc) is 2.43. The van der Waals surface area contributed by atoms with E-state index in [1.54, 1.807) is 30.5 Å². The predicted molar refractivity (Wildman–Crippen MR) is 83.5 cm³/mol. The molecule has 0 atom stereocenters. The van der Waals surface area contributed by atoms with E-state index >= 15 is 0 Å². The first-order valence-electron chi connectivity index (χ1n) is 5.98. The second-order valence-electron chi connectivity index (χ2n) is 4.13. The van der Waals surface area contributed by atoms with Gasteiger partial charge < -0.3 is 9.88 Å². The summed E-state index contributed by atoms with van der Waals surface area (Å²) < 4.78 is 2.25. The lowest BCUT2D eigenvalue weighted by atomic mass is 10.2. The van der Waals surface area contributed by atoms with E-state index in [0.717, 1.165) is 4.47 Å². The summed E-state index contributed by atoms with van der Waals surface area (Å²) >= 11 is 9.23. The fraction of sp³-hybridized carbons (Fsp3) is 0.143. The van der Waals surface area contributed by atoms with Crippen molar-refractivity contribution in [2.24, 2.45) is 0 Å². The van der Waals surface area contributed by atoms with Gasteiger partial charge >= 0.3 is 0 Å². The quantitative estimate of drug-likeness (QED) is 0.915. The number of anilines is 1. The molecule has 0 radical (unpaired) electrons. The van der Waals surface area contributed by atoms with Gasteiger partial charge in [0.2, 0.25) is 0 Å². The Labute approximate surface area is 129 Å². The van der Waals surface area contributed by atoms with E-state index < -0.39 is 0 Å². The van der Waals surface area contributed by atoms with Gasteiger partial charge in [0.05, 0.1) is 10.7 Å². The molecule has 4 nitrogen and oxygen atoms in total. The smallest absolute Gasteiger partial charge is 0.255 e. The van der Waals surface area contributed by atoms with Gasteiger partial charge in [-0.1, -0.05) is 11.6 Å². The lowest BCUT2D eigenvalue weighted by Gasteiger charge is -2.08. The van der Waals surface area contributed by atoms with Crippen LogP contribution in [0.15, 0.2) is 45.8 Å². The second-order valence-corrected chi connectivity index (χ2v) is 5.39. The van der Waals surface area contributed by atoms with E-state index in [9.17, 15) is 9.59 Å². The zero-order chi connectivity index (χ0) is 14.7. The SMILES string of the molecule is CCn1cc(NC(=O)c2ccc(Br)c(Cl)c2)ccc1=O. The largest absolute Gasteiger partial charge is 0.321 e. The van der Waals surface area contributed by atoms with E-state index in [0.29, 0.717) is 22.8 Å². The van der Waals surface area contributed by atoms with Crippen molar-refractivity contribution in [3.05, 3.63) is 61.9 Å². The number of amides is 1. The average molecular weight is 356 g/mol. The fourth-order valence-electron chi connectivity index (χ4n) is 1.69. The number of nitrogens with zero attached hydrogens (tertiary/aromatic N) is 1. The van der Waals surface area contributed by atoms with Gasteiger partial charge in [-0.3, -0.25) is 9.59 Å². The summed E-state index contributed by atoms with van der Waals surface area (Å²) in [5, 5.41) is 3.20. The van der Waals surface area contributed by atoms with Gasteiger partial charge in [0.15, 0.2) is 0 Å².